The molecule has 32 heavy (non-hydrogen) atoms. The molecule has 0 aliphatic carbocycles. The Bertz CT molecular complexity index is 1520. The fraction of sp³-hybridized carbons (Fsp3) is 0.136. The topological polar surface area (TPSA) is 113 Å². The number of imidazole rings is 1. The van der Waals surface area contributed by atoms with Gasteiger partial charge in [0.2, 0.25) is 0 Å². The number of aromatic amines is 1. The number of aryl methyl sites for hydroxylation is 2. The lowest BCUT2D eigenvalue weighted by atomic mass is 10.1. The highest BCUT2D eigenvalue weighted by Gasteiger charge is 2.15. The van der Waals surface area contributed by atoms with Gasteiger partial charge in [0.15, 0.2) is 17.3 Å². The third-order valence-electron chi connectivity index (χ3n) is 5.23. The molecule has 3 N–H and O–H groups in total. The summed E-state index contributed by atoms with van der Waals surface area (Å²) in [6, 6.07) is 9.87. The molecule has 160 valence electrons. The standard InChI is InChI=1S/C22H19FN8O/c1-12-4-3-5-16-18(12)22(32)31(30-15-7-6-14(23)8-13(15)2)17(29-16)9-24-20-19-21(26-10-25-19)28-11-27-20/h3-8,10-11,30H,9H2,1-2H3,(H2,24,25,26,27,28). The molecule has 0 atom stereocenters. The number of anilines is 2. The maximum atomic E-state index is 13.6. The van der Waals surface area contributed by atoms with E-state index in [0.29, 0.717) is 45.0 Å². The van der Waals surface area contributed by atoms with Crippen LogP contribution in [0, 0.1) is 19.7 Å². The number of aromatic nitrogens is 6. The van der Waals surface area contributed by atoms with Gasteiger partial charge in [0.05, 0.1) is 29.5 Å². The Balaban J connectivity index is 1.60. The van der Waals surface area contributed by atoms with E-state index >= 15 is 0 Å². The van der Waals surface area contributed by atoms with Crippen LogP contribution in [0.3, 0.4) is 0 Å². The second kappa shape index (κ2) is 7.73. The lowest BCUT2D eigenvalue weighted by Crippen LogP contribution is -2.32. The van der Waals surface area contributed by atoms with Crippen molar-refractivity contribution in [2.75, 3.05) is 10.7 Å². The highest BCUT2D eigenvalue weighted by atomic mass is 19.1. The van der Waals surface area contributed by atoms with E-state index in [4.69, 9.17) is 4.98 Å². The van der Waals surface area contributed by atoms with Gasteiger partial charge in [0.1, 0.15) is 17.7 Å². The van der Waals surface area contributed by atoms with Gasteiger partial charge in [-0.25, -0.2) is 29.0 Å². The molecule has 0 aliphatic heterocycles. The summed E-state index contributed by atoms with van der Waals surface area (Å²) in [7, 11) is 0. The Hall–Kier alpha value is -4.34. The number of H-pyrrole nitrogens is 1. The first-order chi connectivity index (χ1) is 15.5. The Morgan fingerprint density at radius 3 is 2.81 bits per heavy atom. The van der Waals surface area contributed by atoms with Crippen LogP contribution in [0.5, 0.6) is 0 Å². The number of nitrogens with one attached hydrogen (secondary N) is 3. The monoisotopic (exact) mass is 430 g/mol. The van der Waals surface area contributed by atoms with Crippen molar-refractivity contribution in [1.29, 1.82) is 0 Å². The minimum atomic E-state index is -0.345. The highest BCUT2D eigenvalue weighted by molar-refractivity contribution is 5.82. The number of hydrogen-bond donors (Lipinski definition) is 3. The fourth-order valence-corrected chi connectivity index (χ4v) is 3.61. The van der Waals surface area contributed by atoms with Crippen molar-refractivity contribution in [3.05, 3.63) is 82.2 Å². The average molecular weight is 430 g/mol. The van der Waals surface area contributed by atoms with Crippen LogP contribution in [0.2, 0.25) is 0 Å². The van der Waals surface area contributed by atoms with Crippen molar-refractivity contribution in [2.45, 2.75) is 20.4 Å². The zero-order chi connectivity index (χ0) is 22.2. The number of halogens is 1. The highest BCUT2D eigenvalue weighted by Crippen LogP contribution is 2.19. The number of nitrogens with zero attached hydrogens (tertiary/aromatic N) is 5. The molecule has 0 fully saturated rings. The molecule has 3 aromatic heterocycles. The smallest absolute Gasteiger partial charge is 0.280 e. The molecule has 5 rings (SSSR count). The number of benzene rings is 2. The molecule has 0 bridgehead atoms. The summed E-state index contributed by atoms with van der Waals surface area (Å²) in [6.45, 7) is 3.83. The van der Waals surface area contributed by atoms with Crippen molar-refractivity contribution in [2.24, 2.45) is 0 Å². The van der Waals surface area contributed by atoms with E-state index in [2.05, 4.69) is 30.7 Å². The van der Waals surface area contributed by atoms with Crippen LogP contribution in [0.1, 0.15) is 17.0 Å². The first-order valence-corrected chi connectivity index (χ1v) is 9.93. The molecule has 2 aromatic carbocycles. The first-order valence-electron chi connectivity index (χ1n) is 9.93. The van der Waals surface area contributed by atoms with Crippen LogP contribution < -0.4 is 16.3 Å². The summed E-state index contributed by atoms with van der Waals surface area (Å²) in [5, 5.41) is 3.72. The summed E-state index contributed by atoms with van der Waals surface area (Å²) in [6.07, 6.45) is 2.95. The van der Waals surface area contributed by atoms with Crippen molar-refractivity contribution < 1.29 is 4.39 Å². The molecule has 0 aliphatic rings. The van der Waals surface area contributed by atoms with Crippen molar-refractivity contribution in [3.63, 3.8) is 0 Å². The van der Waals surface area contributed by atoms with Crippen LogP contribution in [0.25, 0.3) is 22.1 Å². The van der Waals surface area contributed by atoms with Crippen LogP contribution in [0.4, 0.5) is 15.9 Å². The van der Waals surface area contributed by atoms with Gasteiger partial charge in [-0.15, -0.1) is 0 Å². The van der Waals surface area contributed by atoms with Gasteiger partial charge in [-0.2, -0.15) is 0 Å². The molecule has 0 amide bonds. The molecule has 9 nitrogen and oxygen atoms in total. The van der Waals surface area contributed by atoms with Gasteiger partial charge < -0.3 is 10.3 Å². The average Bonchev–Trinajstić information content (AvgIpc) is 3.25. The molecule has 0 saturated carbocycles. The van der Waals surface area contributed by atoms with E-state index in [-0.39, 0.29) is 17.9 Å². The Morgan fingerprint density at radius 2 is 1.97 bits per heavy atom. The fourth-order valence-electron chi connectivity index (χ4n) is 3.61. The predicted molar refractivity (Wildman–Crippen MR) is 120 cm³/mol. The summed E-state index contributed by atoms with van der Waals surface area (Å²) in [5.41, 5.74) is 6.72. The Labute approximate surface area is 181 Å². The molecule has 0 saturated heterocycles. The van der Waals surface area contributed by atoms with E-state index in [0.717, 1.165) is 5.56 Å². The molecule has 0 radical (unpaired) electrons. The van der Waals surface area contributed by atoms with Crippen LogP contribution in [0.15, 0.2) is 53.8 Å². The third kappa shape index (κ3) is 3.41. The van der Waals surface area contributed by atoms with E-state index in [1.165, 1.54) is 29.5 Å². The van der Waals surface area contributed by atoms with E-state index in [1.807, 2.05) is 19.1 Å². The van der Waals surface area contributed by atoms with E-state index in [1.54, 1.807) is 19.1 Å². The van der Waals surface area contributed by atoms with E-state index in [9.17, 15) is 9.18 Å². The summed E-state index contributed by atoms with van der Waals surface area (Å²) < 4.78 is 15.0. The van der Waals surface area contributed by atoms with Gasteiger partial charge in [0, 0.05) is 0 Å². The lowest BCUT2D eigenvalue weighted by Gasteiger charge is -2.18. The van der Waals surface area contributed by atoms with Crippen molar-refractivity contribution >= 4 is 33.6 Å². The molecule has 3 heterocycles. The quantitative estimate of drug-likeness (QED) is 0.392. The van der Waals surface area contributed by atoms with Gasteiger partial charge in [-0.3, -0.25) is 10.2 Å². The van der Waals surface area contributed by atoms with Gasteiger partial charge in [-0.1, -0.05) is 12.1 Å². The maximum absolute atomic E-state index is 13.6. The molecular weight excluding hydrogens is 411 g/mol. The van der Waals surface area contributed by atoms with Crippen LogP contribution in [-0.2, 0) is 6.54 Å². The maximum Gasteiger partial charge on any atom is 0.280 e. The predicted octanol–water partition coefficient (Wildman–Crippen LogP) is 3.31. The Kier molecular flexibility index (Phi) is 4.74. The van der Waals surface area contributed by atoms with Crippen molar-refractivity contribution in [1.82, 2.24) is 29.6 Å². The summed E-state index contributed by atoms with van der Waals surface area (Å²) in [4.78, 5) is 33.7. The minimum Gasteiger partial charge on any atom is -0.361 e. The summed E-state index contributed by atoms with van der Waals surface area (Å²) >= 11 is 0. The lowest BCUT2D eigenvalue weighted by molar-refractivity contribution is 0.626. The van der Waals surface area contributed by atoms with Gasteiger partial charge in [0.25, 0.3) is 5.56 Å². The molecule has 5 aromatic rings. The van der Waals surface area contributed by atoms with Crippen LogP contribution >= 0.6 is 0 Å². The molecule has 0 unspecified atom stereocenters. The molecule has 0 spiro atoms. The van der Waals surface area contributed by atoms with Crippen molar-refractivity contribution in [3.8, 4) is 0 Å². The summed E-state index contributed by atoms with van der Waals surface area (Å²) in [5.74, 6) is 0.626. The number of fused-ring (bicyclic) bond motifs is 2. The van der Waals surface area contributed by atoms with Crippen LogP contribution in [-0.4, -0.2) is 29.6 Å². The SMILES string of the molecule is Cc1cc(F)ccc1Nn1c(CNc2ncnc3nc[nH]c23)nc2cccc(C)c2c1=O. The zero-order valence-corrected chi connectivity index (χ0v) is 17.3. The number of rotatable bonds is 5. The molecular formula is C22H19FN8O. The first kappa shape index (κ1) is 19.6. The minimum absolute atomic E-state index is 0.192. The largest absolute Gasteiger partial charge is 0.361 e. The van der Waals surface area contributed by atoms with Gasteiger partial charge in [-0.05, 0) is 49.2 Å². The normalized spacial score (nSPS) is 11.2. The van der Waals surface area contributed by atoms with E-state index < -0.39 is 0 Å². The third-order valence-corrected chi connectivity index (χ3v) is 5.23. The molecule has 10 heteroatoms. The number of hydrogen-bond acceptors (Lipinski definition) is 7. The van der Waals surface area contributed by atoms with Gasteiger partial charge >= 0.3 is 0 Å². The second-order valence-electron chi connectivity index (χ2n) is 7.39. The second-order valence-corrected chi connectivity index (χ2v) is 7.39. The Morgan fingerprint density at radius 1 is 1.09 bits per heavy atom. The zero-order valence-electron chi connectivity index (χ0n) is 17.3.